The Morgan fingerprint density at radius 1 is 1.38 bits per heavy atom. The maximum atomic E-state index is 6.07. The highest BCUT2D eigenvalue weighted by molar-refractivity contribution is 5.74. The second-order valence-electron chi connectivity index (χ2n) is 5.23. The first-order valence-electron chi connectivity index (χ1n) is 5.74. The summed E-state index contributed by atoms with van der Waals surface area (Å²) in [5, 5.41) is 0. The van der Waals surface area contributed by atoms with E-state index in [9.17, 15) is 0 Å². The number of benzene rings is 1. The minimum absolute atomic E-state index is 0.327. The molecule has 3 heteroatoms. The molecule has 3 rings (SSSR count). The number of hydrogen-bond acceptors (Lipinski definition) is 3. The Kier molecular flexibility index (Phi) is 1.89. The zero-order valence-electron chi connectivity index (χ0n) is 9.66. The van der Waals surface area contributed by atoms with E-state index in [0.717, 1.165) is 22.6 Å². The van der Waals surface area contributed by atoms with E-state index in [2.05, 4.69) is 4.98 Å². The Bertz CT molecular complexity index is 532. The SMILES string of the molecule is CC(C)(N)c1ccc2oc(C3CC3)nc2c1. The van der Waals surface area contributed by atoms with Crippen LogP contribution < -0.4 is 5.73 Å². The standard InChI is InChI=1S/C13H16N2O/c1-13(2,14)9-5-6-11-10(7-9)15-12(16-11)8-3-4-8/h5-8H,3-4,14H2,1-2H3. The van der Waals surface area contributed by atoms with E-state index in [1.165, 1.54) is 12.8 Å². The molecule has 1 aliphatic carbocycles. The van der Waals surface area contributed by atoms with Crippen LogP contribution in [0.4, 0.5) is 0 Å². The van der Waals surface area contributed by atoms with Gasteiger partial charge in [0.15, 0.2) is 11.5 Å². The van der Waals surface area contributed by atoms with Crippen molar-refractivity contribution in [2.75, 3.05) is 0 Å². The van der Waals surface area contributed by atoms with E-state index in [-0.39, 0.29) is 5.54 Å². The number of rotatable bonds is 2. The van der Waals surface area contributed by atoms with Crippen molar-refractivity contribution in [2.45, 2.75) is 38.1 Å². The number of aromatic nitrogens is 1. The van der Waals surface area contributed by atoms with Crippen molar-refractivity contribution in [2.24, 2.45) is 5.73 Å². The summed E-state index contributed by atoms with van der Waals surface area (Å²) >= 11 is 0. The average Bonchev–Trinajstić information content (AvgIpc) is 2.96. The van der Waals surface area contributed by atoms with Crippen LogP contribution in [0.25, 0.3) is 11.1 Å². The largest absolute Gasteiger partial charge is 0.440 e. The first-order valence-corrected chi connectivity index (χ1v) is 5.74. The molecule has 0 saturated heterocycles. The normalized spacial score (nSPS) is 16.9. The van der Waals surface area contributed by atoms with Gasteiger partial charge in [0.1, 0.15) is 5.52 Å². The van der Waals surface area contributed by atoms with Gasteiger partial charge < -0.3 is 10.2 Å². The Labute approximate surface area is 94.7 Å². The maximum Gasteiger partial charge on any atom is 0.198 e. The van der Waals surface area contributed by atoms with E-state index in [1.807, 2.05) is 32.0 Å². The van der Waals surface area contributed by atoms with E-state index < -0.39 is 0 Å². The minimum Gasteiger partial charge on any atom is -0.440 e. The summed E-state index contributed by atoms with van der Waals surface area (Å²) in [5.41, 5.74) is 8.63. The van der Waals surface area contributed by atoms with Gasteiger partial charge in [-0.05, 0) is 44.4 Å². The number of oxazole rings is 1. The van der Waals surface area contributed by atoms with Crippen molar-refractivity contribution in [3.05, 3.63) is 29.7 Å². The van der Waals surface area contributed by atoms with E-state index in [0.29, 0.717) is 5.92 Å². The highest BCUT2D eigenvalue weighted by Gasteiger charge is 2.29. The van der Waals surface area contributed by atoms with Crippen LogP contribution in [0.2, 0.25) is 0 Å². The van der Waals surface area contributed by atoms with Crippen molar-refractivity contribution < 1.29 is 4.42 Å². The molecule has 16 heavy (non-hydrogen) atoms. The average molecular weight is 216 g/mol. The summed E-state index contributed by atoms with van der Waals surface area (Å²) in [6, 6.07) is 6.02. The lowest BCUT2D eigenvalue weighted by Gasteiger charge is -2.18. The number of nitrogens with two attached hydrogens (primary N) is 1. The first kappa shape index (κ1) is 9.85. The molecular formula is C13H16N2O. The van der Waals surface area contributed by atoms with Gasteiger partial charge in [0.2, 0.25) is 0 Å². The molecule has 1 aromatic carbocycles. The fourth-order valence-electron chi connectivity index (χ4n) is 1.85. The van der Waals surface area contributed by atoms with Crippen LogP contribution in [0.5, 0.6) is 0 Å². The fraction of sp³-hybridized carbons (Fsp3) is 0.462. The van der Waals surface area contributed by atoms with Gasteiger partial charge >= 0.3 is 0 Å². The fourth-order valence-corrected chi connectivity index (χ4v) is 1.85. The Morgan fingerprint density at radius 2 is 2.12 bits per heavy atom. The zero-order chi connectivity index (χ0) is 11.3. The highest BCUT2D eigenvalue weighted by Crippen LogP contribution is 2.40. The molecule has 0 bridgehead atoms. The lowest BCUT2D eigenvalue weighted by molar-refractivity contribution is 0.532. The van der Waals surface area contributed by atoms with Crippen LogP contribution in [-0.2, 0) is 5.54 Å². The molecule has 0 aliphatic heterocycles. The molecule has 0 radical (unpaired) electrons. The van der Waals surface area contributed by atoms with Crippen LogP contribution in [0.1, 0.15) is 44.1 Å². The van der Waals surface area contributed by atoms with Gasteiger partial charge in [0.25, 0.3) is 0 Å². The van der Waals surface area contributed by atoms with E-state index in [4.69, 9.17) is 10.2 Å². The van der Waals surface area contributed by atoms with Crippen molar-refractivity contribution in [3.8, 4) is 0 Å². The summed E-state index contributed by atoms with van der Waals surface area (Å²) in [7, 11) is 0. The molecule has 3 nitrogen and oxygen atoms in total. The number of nitrogens with zero attached hydrogens (tertiary/aromatic N) is 1. The second-order valence-corrected chi connectivity index (χ2v) is 5.23. The van der Waals surface area contributed by atoms with Gasteiger partial charge in [-0.25, -0.2) is 4.98 Å². The molecule has 1 fully saturated rings. The molecule has 1 heterocycles. The molecule has 0 amide bonds. The molecule has 0 spiro atoms. The molecule has 2 N–H and O–H groups in total. The summed E-state index contributed by atoms with van der Waals surface area (Å²) in [5.74, 6) is 1.45. The molecule has 84 valence electrons. The monoisotopic (exact) mass is 216 g/mol. The molecule has 1 aromatic heterocycles. The molecule has 1 aliphatic rings. The number of fused-ring (bicyclic) bond motifs is 1. The number of hydrogen-bond donors (Lipinski definition) is 1. The summed E-state index contributed by atoms with van der Waals surface area (Å²) in [6.07, 6.45) is 2.42. The van der Waals surface area contributed by atoms with Gasteiger partial charge in [-0.1, -0.05) is 6.07 Å². The van der Waals surface area contributed by atoms with Gasteiger partial charge in [0, 0.05) is 11.5 Å². The third kappa shape index (κ3) is 1.61. The third-order valence-electron chi connectivity index (χ3n) is 3.07. The van der Waals surface area contributed by atoms with Crippen molar-refractivity contribution in [1.29, 1.82) is 0 Å². The Balaban J connectivity index is 2.10. The molecule has 0 atom stereocenters. The molecular weight excluding hydrogens is 200 g/mol. The van der Waals surface area contributed by atoms with Crippen molar-refractivity contribution >= 4 is 11.1 Å². The summed E-state index contributed by atoms with van der Waals surface area (Å²) in [4.78, 5) is 4.53. The van der Waals surface area contributed by atoms with Crippen molar-refractivity contribution in [3.63, 3.8) is 0 Å². The Morgan fingerprint density at radius 3 is 2.75 bits per heavy atom. The summed E-state index contributed by atoms with van der Waals surface area (Å²) in [6.45, 7) is 3.99. The van der Waals surface area contributed by atoms with Crippen LogP contribution in [0, 0.1) is 0 Å². The predicted molar refractivity (Wildman–Crippen MR) is 63.2 cm³/mol. The van der Waals surface area contributed by atoms with Gasteiger partial charge in [-0.3, -0.25) is 0 Å². The second kappa shape index (κ2) is 3.08. The highest BCUT2D eigenvalue weighted by atomic mass is 16.3. The van der Waals surface area contributed by atoms with E-state index >= 15 is 0 Å². The molecule has 2 aromatic rings. The van der Waals surface area contributed by atoms with Gasteiger partial charge in [-0.15, -0.1) is 0 Å². The van der Waals surface area contributed by atoms with Crippen LogP contribution in [-0.4, -0.2) is 4.98 Å². The zero-order valence-corrected chi connectivity index (χ0v) is 9.66. The third-order valence-corrected chi connectivity index (χ3v) is 3.07. The summed E-state index contributed by atoms with van der Waals surface area (Å²) < 4.78 is 5.71. The molecule has 1 saturated carbocycles. The van der Waals surface area contributed by atoms with Gasteiger partial charge in [0.05, 0.1) is 0 Å². The van der Waals surface area contributed by atoms with Crippen LogP contribution in [0.3, 0.4) is 0 Å². The van der Waals surface area contributed by atoms with Crippen LogP contribution >= 0.6 is 0 Å². The lowest BCUT2D eigenvalue weighted by atomic mass is 9.95. The van der Waals surface area contributed by atoms with Gasteiger partial charge in [-0.2, -0.15) is 0 Å². The Hall–Kier alpha value is -1.35. The minimum atomic E-state index is -0.327. The molecule has 0 unspecified atom stereocenters. The predicted octanol–water partition coefficient (Wildman–Crippen LogP) is 2.90. The van der Waals surface area contributed by atoms with E-state index in [1.54, 1.807) is 0 Å². The first-order chi connectivity index (χ1) is 7.54. The lowest BCUT2D eigenvalue weighted by Crippen LogP contribution is -2.28. The smallest absolute Gasteiger partial charge is 0.198 e. The topological polar surface area (TPSA) is 52.0 Å². The van der Waals surface area contributed by atoms with Crippen molar-refractivity contribution in [1.82, 2.24) is 4.98 Å². The quantitative estimate of drug-likeness (QED) is 0.839. The van der Waals surface area contributed by atoms with Crippen LogP contribution in [0.15, 0.2) is 22.6 Å². The maximum absolute atomic E-state index is 6.07.